The minimum atomic E-state index is -0.541. The molecule has 1 amide bonds. The average Bonchev–Trinajstić information content (AvgIpc) is 2.67. The Morgan fingerprint density at radius 3 is 2.19 bits per heavy atom. The summed E-state index contributed by atoms with van der Waals surface area (Å²) in [6.45, 7) is 1.77. The van der Waals surface area contributed by atoms with Crippen LogP contribution in [0.4, 0.5) is 0 Å². The zero-order chi connectivity index (χ0) is 18.7. The lowest BCUT2D eigenvalue weighted by atomic mass is 9.97. The molecule has 0 saturated carbocycles. The molecule has 0 aromatic heterocycles. The molecule has 1 unspecified atom stereocenters. The lowest BCUT2D eigenvalue weighted by molar-refractivity contribution is -0.135. The Morgan fingerprint density at radius 2 is 1.58 bits per heavy atom. The molecule has 0 bridgehead atoms. The minimum absolute atomic E-state index is 0.0617. The van der Waals surface area contributed by atoms with E-state index in [9.17, 15) is 4.79 Å². The molecule has 4 nitrogen and oxygen atoms in total. The van der Waals surface area contributed by atoms with Crippen molar-refractivity contribution >= 4 is 16.7 Å². The number of nitrogens with zero attached hydrogens (tertiary/aromatic N) is 1. The van der Waals surface area contributed by atoms with Gasteiger partial charge in [-0.3, -0.25) is 4.79 Å². The van der Waals surface area contributed by atoms with Crippen molar-refractivity contribution in [3.05, 3.63) is 60.7 Å². The Balaban J connectivity index is 2.02. The van der Waals surface area contributed by atoms with Crippen LogP contribution in [-0.2, 0) is 4.79 Å². The molecule has 3 rings (SSSR count). The van der Waals surface area contributed by atoms with Crippen LogP contribution in [0, 0.1) is 0 Å². The zero-order valence-electron chi connectivity index (χ0n) is 15.5. The van der Waals surface area contributed by atoms with E-state index in [0.29, 0.717) is 5.75 Å². The summed E-state index contributed by atoms with van der Waals surface area (Å²) in [5, 5.41) is 2.07. The number of methoxy groups -OCH3 is 1. The molecule has 26 heavy (non-hydrogen) atoms. The van der Waals surface area contributed by atoms with Crippen molar-refractivity contribution in [2.45, 2.75) is 13.0 Å². The molecule has 0 aliphatic rings. The molecule has 0 heterocycles. The Morgan fingerprint density at radius 1 is 0.923 bits per heavy atom. The predicted octanol–water partition coefficient (Wildman–Crippen LogP) is 4.37. The van der Waals surface area contributed by atoms with E-state index >= 15 is 0 Å². The quantitative estimate of drug-likeness (QED) is 0.686. The predicted molar refractivity (Wildman–Crippen MR) is 105 cm³/mol. The first-order chi connectivity index (χ1) is 12.5. The van der Waals surface area contributed by atoms with Crippen molar-refractivity contribution in [1.82, 2.24) is 4.90 Å². The van der Waals surface area contributed by atoms with Crippen LogP contribution in [0.1, 0.15) is 6.92 Å². The van der Waals surface area contributed by atoms with Gasteiger partial charge in [-0.05, 0) is 41.6 Å². The SMILES string of the molecule is COc1ccc(-c2ccc(OC(C)C(=O)N(C)C)c3ccccc23)cc1. The second kappa shape index (κ2) is 7.48. The second-order valence-electron chi connectivity index (χ2n) is 6.38. The van der Waals surface area contributed by atoms with Gasteiger partial charge in [0.2, 0.25) is 0 Å². The summed E-state index contributed by atoms with van der Waals surface area (Å²) in [4.78, 5) is 13.7. The number of ether oxygens (including phenoxy) is 2. The van der Waals surface area contributed by atoms with Crippen LogP contribution in [0.3, 0.4) is 0 Å². The topological polar surface area (TPSA) is 38.8 Å². The van der Waals surface area contributed by atoms with Gasteiger partial charge in [-0.2, -0.15) is 0 Å². The van der Waals surface area contributed by atoms with E-state index in [1.165, 1.54) is 0 Å². The molecule has 0 aliphatic carbocycles. The average molecular weight is 349 g/mol. The number of rotatable bonds is 5. The van der Waals surface area contributed by atoms with E-state index in [2.05, 4.69) is 6.07 Å². The Bertz CT molecular complexity index is 916. The number of hydrogen-bond donors (Lipinski definition) is 0. The molecule has 0 spiro atoms. The summed E-state index contributed by atoms with van der Waals surface area (Å²) in [6.07, 6.45) is -0.541. The highest BCUT2D eigenvalue weighted by Gasteiger charge is 2.18. The molecule has 0 radical (unpaired) electrons. The van der Waals surface area contributed by atoms with Crippen LogP contribution in [0.5, 0.6) is 11.5 Å². The monoisotopic (exact) mass is 349 g/mol. The fraction of sp³-hybridized carbons (Fsp3) is 0.227. The van der Waals surface area contributed by atoms with Crippen molar-refractivity contribution in [2.24, 2.45) is 0 Å². The van der Waals surface area contributed by atoms with Crippen LogP contribution >= 0.6 is 0 Å². The molecule has 1 atom stereocenters. The first-order valence-electron chi connectivity index (χ1n) is 8.55. The molecule has 4 heteroatoms. The lowest BCUT2D eigenvalue weighted by Gasteiger charge is -2.20. The third kappa shape index (κ3) is 3.49. The molecule has 134 valence electrons. The van der Waals surface area contributed by atoms with Gasteiger partial charge in [-0.15, -0.1) is 0 Å². The van der Waals surface area contributed by atoms with Gasteiger partial charge in [0.15, 0.2) is 6.10 Å². The van der Waals surface area contributed by atoms with Crippen LogP contribution in [0.15, 0.2) is 60.7 Å². The third-order valence-electron chi connectivity index (χ3n) is 4.38. The van der Waals surface area contributed by atoms with Gasteiger partial charge in [0, 0.05) is 19.5 Å². The third-order valence-corrected chi connectivity index (χ3v) is 4.38. The highest BCUT2D eigenvalue weighted by molar-refractivity contribution is 6.00. The molecule has 0 aliphatic heterocycles. The number of carbonyl (C=O) groups is 1. The summed E-state index contributed by atoms with van der Waals surface area (Å²) in [5.41, 5.74) is 2.22. The first kappa shape index (κ1) is 17.8. The van der Waals surface area contributed by atoms with Crippen molar-refractivity contribution < 1.29 is 14.3 Å². The van der Waals surface area contributed by atoms with Crippen LogP contribution in [-0.4, -0.2) is 38.1 Å². The van der Waals surface area contributed by atoms with Crippen LogP contribution < -0.4 is 9.47 Å². The summed E-state index contributed by atoms with van der Waals surface area (Å²) in [7, 11) is 5.12. The molecule has 0 saturated heterocycles. The Hall–Kier alpha value is -3.01. The van der Waals surface area contributed by atoms with Gasteiger partial charge >= 0.3 is 0 Å². The molecular formula is C22H23NO3. The molecule has 0 N–H and O–H groups in total. The first-order valence-corrected chi connectivity index (χ1v) is 8.55. The standard InChI is InChI=1S/C22H23NO3/c1-15(22(24)23(2)3)26-21-14-13-18(19-7-5-6-8-20(19)21)16-9-11-17(25-4)12-10-16/h5-15H,1-4H3. The molecule has 3 aromatic rings. The number of benzene rings is 3. The van der Waals surface area contributed by atoms with Crippen LogP contribution in [0.2, 0.25) is 0 Å². The van der Waals surface area contributed by atoms with Gasteiger partial charge in [0.05, 0.1) is 7.11 Å². The number of carbonyl (C=O) groups excluding carboxylic acids is 1. The van der Waals surface area contributed by atoms with E-state index in [1.54, 1.807) is 33.0 Å². The number of fused-ring (bicyclic) bond motifs is 1. The highest BCUT2D eigenvalue weighted by atomic mass is 16.5. The van der Waals surface area contributed by atoms with E-state index in [-0.39, 0.29) is 5.91 Å². The van der Waals surface area contributed by atoms with Gasteiger partial charge in [-0.1, -0.05) is 42.5 Å². The van der Waals surface area contributed by atoms with Crippen molar-refractivity contribution in [3.63, 3.8) is 0 Å². The number of amides is 1. The van der Waals surface area contributed by atoms with Gasteiger partial charge in [0.1, 0.15) is 11.5 Å². The zero-order valence-corrected chi connectivity index (χ0v) is 15.5. The maximum Gasteiger partial charge on any atom is 0.262 e. The van der Waals surface area contributed by atoms with Gasteiger partial charge in [0.25, 0.3) is 5.91 Å². The molecule has 0 fully saturated rings. The van der Waals surface area contributed by atoms with E-state index in [4.69, 9.17) is 9.47 Å². The van der Waals surface area contributed by atoms with Crippen molar-refractivity contribution in [3.8, 4) is 22.6 Å². The number of hydrogen-bond acceptors (Lipinski definition) is 3. The van der Waals surface area contributed by atoms with Crippen LogP contribution in [0.25, 0.3) is 21.9 Å². The maximum absolute atomic E-state index is 12.1. The Kier molecular flexibility index (Phi) is 5.12. The van der Waals surface area contributed by atoms with E-state index in [0.717, 1.165) is 27.6 Å². The summed E-state index contributed by atoms with van der Waals surface area (Å²) < 4.78 is 11.2. The molecular weight excluding hydrogens is 326 g/mol. The van der Waals surface area contributed by atoms with E-state index in [1.807, 2.05) is 54.6 Å². The second-order valence-corrected chi connectivity index (χ2v) is 6.38. The summed E-state index contributed by atoms with van der Waals surface area (Å²) in [6, 6.07) is 20.0. The van der Waals surface area contributed by atoms with E-state index < -0.39 is 6.10 Å². The number of likely N-dealkylation sites (N-methyl/N-ethyl adjacent to an activating group) is 1. The smallest absolute Gasteiger partial charge is 0.262 e. The van der Waals surface area contributed by atoms with Gasteiger partial charge < -0.3 is 14.4 Å². The highest BCUT2D eigenvalue weighted by Crippen LogP contribution is 2.35. The summed E-state index contributed by atoms with van der Waals surface area (Å²) in [5.74, 6) is 1.47. The summed E-state index contributed by atoms with van der Waals surface area (Å²) >= 11 is 0. The fourth-order valence-corrected chi connectivity index (χ4v) is 3.00. The van der Waals surface area contributed by atoms with Crippen molar-refractivity contribution in [1.29, 1.82) is 0 Å². The van der Waals surface area contributed by atoms with Crippen molar-refractivity contribution in [2.75, 3.05) is 21.2 Å². The normalized spacial score (nSPS) is 11.8. The van der Waals surface area contributed by atoms with Gasteiger partial charge in [-0.25, -0.2) is 0 Å². The fourth-order valence-electron chi connectivity index (χ4n) is 3.00. The lowest BCUT2D eigenvalue weighted by Crippen LogP contribution is -2.35. The Labute approximate surface area is 154 Å². The minimum Gasteiger partial charge on any atom is -0.497 e. The maximum atomic E-state index is 12.1. The molecule has 3 aromatic carbocycles. The largest absolute Gasteiger partial charge is 0.497 e.